The molecule has 0 spiro atoms. The van der Waals surface area contributed by atoms with Gasteiger partial charge in [-0.1, -0.05) is 12.2 Å². The highest BCUT2D eigenvalue weighted by atomic mass is 127. The summed E-state index contributed by atoms with van der Waals surface area (Å²) in [6.45, 7) is 13.4. The van der Waals surface area contributed by atoms with Crippen LogP contribution in [0, 0.1) is 0 Å². The highest BCUT2D eigenvalue weighted by Gasteiger charge is 2.00. The van der Waals surface area contributed by atoms with Crippen LogP contribution in [-0.2, 0) is 4.74 Å². The van der Waals surface area contributed by atoms with Gasteiger partial charge in [0, 0.05) is 13.1 Å². The second-order valence-electron chi connectivity index (χ2n) is 3.42. The number of halogens is 1. The third kappa shape index (κ3) is 8.96. The van der Waals surface area contributed by atoms with Crippen LogP contribution in [-0.4, -0.2) is 43.7 Å². The molecule has 0 aliphatic carbocycles. The lowest BCUT2D eigenvalue weighted by Gasteiger charge is -2.19. The largest absolute Gasteiger partial charge is 0.375 e. The fraction of sp³-hybridized carbons (Fsp3) is 0.727. The Balaban J connectivity index is 0. The zero-order chi connectivity index (χ0) is 11.7. The Morgan fingerprint density at radius 2 is 1.94 bits per heavy atom. The first-order valence-electron chi connectivity index (χ1n) is 5.38. The summed E-state index contributed by atoms with van der Waals surface area (Å²) in [5.41, 5.74) is 6.81. The van der Waals surface area contributed by atoms with Crippen LogP contribution < -0.4 is 5.73 Å². The van der Waals surface area contributed by atoms with Gasteiger partial charge in [0.25, 0.3) is 0 Å². The number of rotatable bonds is 7. The maximum Gasteiger partial charge on any atom is 0.191 e. The molecule has 0 aromatic heterocycles. The molecule has 0 radical (unpaired) electrons. The van der Waals surface area contributed by atoms with E-state index in [-0.39, 0.29) is 24.0 Å². The molecule has 0 rings (SSSR count). The maximum atomic E-state index is 5.78. The second-order valence-corrected chi connectivity index (χ2v) is 3.42. The first-order chi connectivity index (χ1) is 7.11. The summed E-state index contributed by atoms with van der Waals surface area (Å²) in [6, 6.07) is 0. The Morgan fingerprint density at radius 1 is 1.38 bits per heavy atom. The molecule has 4 nitrogen and oxygen atoms in total. The van der Waals surface area contributed by atoms with Gasteiger partial charge in [0.05, 0.1) is 19.8 Å². The molecular weight excluding hydrogens is 317 g/mol. The highest BCUT2D eigenvalue weighted by molar-refractivity contribution is 14.0. The predicted octanol–water partition coefficient (Wildman–Crippen LogP) is 1.85. The molecule has 0 aromatic carbocycles. The summed E-state index contributed by atoms with van der Waals surface area (Å²) in [6.07, 6.45) is 0. The van der Waals surface area contributed by atoms with Crippen molar-refractivity contribution in [1.82, 2.24) is 4.90 Å². The van der Waals surface area contributed by atoms with Crippen LogP contribution in [0.15, 0.2) is 17.1 Å². The zero-order valence-corrected chi connectivity index (χ0v) is 12.9. The Morgan fingerprint density at radius 3 is 2.38 bits per heavy atom. The van der Waals surface area contributed by atoms with E-state index in [2.05, 4.69) is 25.4 Å². The van der Waals surface area contributed by atoms with Gasteiger partial charge < -0.3 is 15.4 Å². The lowest BCUT2D eigenvalue weighted by atomic mass is 10.4. The van der Waals surface area contributed by atoms with Crippen LogP contribution >= 0.6 is 24.0 Å². The lowest BCUT2D eigenvalue weighted by Crippen LogP contribution is -2.37. The molecule has 0 aliphatic heterocycles. The predicted molar refractivity (Wildman–Crippen MR) is 80.5 cm³/mol. The van der Waals surface area contributed by atoms with Crippen molar-refractivity contribution < 1.29 is 4.74 Å². The average molecular weight is 341 g/mol. The van der Waals surface area contributed by atoms with E-state index in [0.717, 1.165) is 18.7 Å². The molecule has 0 unspecified atom stereocenters. The van der Waals surface area contributed by atoms with E-state index in [9.17, 15) is 0 Å². The molecule has 0 fully saturated rings. The zero-order valence-electron chi connectivity index (χ0n) is 10.5. The molecule has 96 valence electrons. The monoisotopic (exact) mass is 341 g/mol. The van der Waals surface area contributed by atoms with Gasteiger partial charge in [0.15, 0.2) is 5.96 Å². The molecule has 0 atom stereocenters. The molecule has 0 amide bonds. The fourth-order valence-corrected chi connectivity index (χ4v) is 1.12. The minimum atomic E-state index is 0. The van der Waals surface area contributed by atoms with Gasteiger partial charge in [-0.05, 0) is 20.8 Å². The average Bonchev–Trinajstić information content (AvgIpc) is 2.18. The summed E-state index contributed by atoms with van der Waals surface area (Å²) in [7, 11) is 0. The van der Waals surface area contributed by atoms with Crippen molar-refractivity contribution in [2.24, 2.45) is 10.7 Å². The molecule has 2 N–H and O–H groups in total. The summed E-state index contributed by atoms with van der Waals surface area (Å²) < 4.78 is 5.31. The normalized spacial score (nSPS) is 10.8. The van der Waals surface area contributed by atoms with Crippen LogP contribution in [0.25, 0.3) is 0 Å². The van der Waals surface area contributed by atoms with Crippen LogP contribution in [0.4, 0.5) is 0 Å². The molecule has 0 saturated carbocycles. The van der Waals surface area contributed by atoms with Crippen molar-refractivity contribution >= 4 is 29.9 Å². The fourth-order valence-electron chi connectivity index (χ4n) is 1.12. The highest BCUT2D eigenvalue weighted by Crippen LogP contribution is 1.89. The van der Waals surface area contributed by atoms with Crippen molar-refractivity contribution in [2.75, 3.05) is 32.8 Å². The first kappa shape index (κ1) is 18.1. The number of guanidine groups is 1. The van der Waals surface area contributed by atoms with Crippen molar-refractivity contribution in [3.8, 4) is 0 Å². The number of aliphatic imine (C=N–C) groups is 1. The van der Waals surface area contributed by atoms with Gasteiger partial charge in [-0.3, -0.25) is 4.99 Å². The van der Waals surface area contributed by atoms with Crippen molar-refractivity contribution in [2.45, 2.75) is 20.8 Å². The van der Waals surface area contributed by atoms with Gasteiger partial charge in [-0.15, -0.1) is 24.0 Å². The molecule has 5 heteroatoms. The van der Waals surface area contributed by atoms with Crippen LogP contribution in [0.5, 0.6) is 0 Å². The molecule has 0 aliphatic rings. The second kappa shape index (κ2) is 11.2. The van der Waals surface area contributed by atoms with Gasteiger partial charge in [-0.2, -0.15) is 0 Å². The first-order valence-corrected chi connectivity index (χ1v) is 5.38. The molecule has 0 heterocycles. The molecule has 16 heavy (non-hydrogen) atoms. The van der Waals surface area contributed by atoms with E-state index in [1.807, 2.05) is 11.8 Å². The van der Waals surface area contributed by atoms with Gasteiger partial charge in [-0.25, -0.2) is 0 Å². The standard InChI is InChI=1S/C11H23N3O.HI/c1-5-14(6-2)11(12)13-7-8-15-9-10(3)4;/h3,5-9H2,1-2,4H3,(H2,12,13);1H. The Hall–Kier alpha value is -0.300. The Kier molecular flexibility index (Phi) is 12.6. The lowest BCUT2D eigenvalue weighted by molar-refractivity contribution is 0.164. The number of ether oxygens (including phenoxy) is 1. The maximum absolute atomic E-state index is 5.78. The van der Waals surface area contributed by atoms with Crippen LogP contribution in [0.3, 0.4) is 0 Å². The van der Waals surface area contributed by atoms with Crippen molar-refractivity contribution in [1.29, 1.82) is 0 Å². The summed E-state index contributed by atoms with van der Waals surface area (Å²) in [5.74, 6) is 0.596. The Bertz CT molecular complexity index is 215. The number of nitrogens with two attached hydrogens (primary N) is 1. The quantitative estimate of drug-likeness (QED) is 0.253. The summed E-state index contributed by atoms with van der Waals surface area (Å²) in [5, 5.41) is 0. The summed E-state index contributed by atoms with van der Waals surface area (Å²) in [4.78, 5) is 6.24. The van der Waals surface area contributed by atoms with Gasteiger partial charge in [0.2, 0.25) is 0 Å². The summed E-state index contributed by atoms with van der Waals surface area (Å²) >= 11 is 0. The van der Waals surface area contributed by atoms with Crippen molar-refractivity contribution in [3.05, 3.63) is 12.2 Å². The van der Waals surface area contributed by atoms with E-state index >= 15 is 0 Å². The number of hydrogen-bond acceptors (Lipinski definition) is 2. The van der Waals surface area contributed by atoms with E-state index in [0.29, 0.717) is 25.7 Å². The van der Waals surface area contributed by atoms with E-state index in [4.69, 9.17) is 10.5 Å². The minimum absolute atomic E-state index is 0. The SMILES string of the molecule is C=C(C)COCCN=C(N)N(CC)CC.I. The molecular formula is C11H24IN3O. The number of hydrogen-bond donors (Lipinski definition) is 1. The van der Waals surface area contributed by atoms with Gasteiger partial charge in [0.1, 0.15) is 0 Å². The van der Waals surface area contributed by atoms with E-state index in [1.165, 1.54) is 0 Å². The molecule has 0 saturated heterocycles. The smallest absolute Gasteiger partial charge is 0.191 e. The topological polar surface area (TPSA) is 50.9 Å². The van der Waals surface area contributed by atoms with Crippen molar-refractivity contribution in [3.63, 3.8) is 0 Å². The Labute approximate surface area is 116 Å². The van der Waals surface area contributed by atoms with E-state index in [1.54, 1.807) is 0 Å². The van der Waals surface area contributed by atoms with Crippen LogP contribution in [0.1, 0.15) is 20.8 Å². The third-order valence-electron chi connectivity index (χ3n) is 1.95. The van der Waals surface area contributed by atoms with Gasteiger partial charge >= 0.3 is 0 Å². The van der Waals surface area contributed by atoms with Crippen LogP contribution in [0.2, 0.25) is 0 Å². The van der Waals surface area contributed by atoms with E-state index < -0.39 is 0 Å². The molecule has 0 aromatic rings. The third-order valence-corrected chi connectivity index (χ3v) is 1.95. The number of nitrogens with zero attached hydrogens (tertiary/aromatic N) is 2. The molecule has 0 bridgehead atoms. The minimum Gasteiger partial charge on any atom is -0.375 e.